The van der Waals surface area contributed by atoms with E-state index in [4.69, 9.17) is 5.11 Å². The van der Waals surface area contributed by atoms with Crippen LogP contribution in [-0.4, -0.2) is 23.5 Å². The summed E-state index contributed by atoms with van der Waals surface area (Å²) in [6.07, 6.45) is 3.48. The van der Waals surface area contributed by atoms with Crippen LogP contribution in [-0.2, 0) is 0 Å². The summed E-state index contributed by atoms with van der Waals surface area (Å²) in [6, 6.07) is 0. The lowest BCUT2D eigenvalue weighted by atomic mass is 10.4. The van der Waals surface area contributed by atoms with Crippen LogP contribution in [0.15, 0.2) is 0 Å². The molecule has 1 N–H and O–H groups in total. The third kappa shape index (κ3) is 6.27. The topological polar surface area (TPSA) is 20.2 Å². The SMILES string of the molecule is CCC(C)PCCCO. The molecule has 0 heterocycles. The van der Waals surface area contributed by atoms with Gasteiger partial charge >= 0.3 is 0 Å². The molecule has 9 heavy (non-hydrogen) atoms. The average molecular weight is 148 g/mol. The molecular formula is C7H17OP. The Balaban J connectivity index is 2.88. The second-order valence-electron chi connectivity index (χ2n) is 2.34. The lowest BCUT2D eigenvalue weighted by Crippen LogP contribution is -1.93. The Hall–Kier alpha value is 0.390. The van der Waals surface area contributed by atoms with E-state index < -0.39 is 0 Å². The Morgan fingerprint density at radius 2 is 2.22 bits per heavy atom. The molecule has 0 aliphatic heterocycles. The second kappa shape index (κ2) is 6.51. The summed E-state index contributed by atoms with van der Waals surface area (Å²) in [5.74, 6) is 0. The molecule has 0 aliphatic rings. The van der Waals surface area contributed by atoms with Crippen molar-refractivity contribution in [2.75, 3.05) is 12.8 Å². The summed E-state index contributed by atoms with van der Waals surface area (Å²) in [6.45, 7) is 4.86. The zero-order valence-electron chi connectivity index (χ0n) is 6.35. The number of rotatable bonds is 5. The van der Waals surface area contributed by atoms with Gasteiger partial charge in [-0.2, -0.15) is 0 Å². The average Bonchev–Trinajstić information content (AvgIpc) is 1.89. The van der Waals surface area contributed by atoms with Crippen molar-refractivity contribution in [1.29, 1.82) is 0 Å². The highest BCUT2D eigenvalue weighted by atomic mass is 31.1. The predicted octanol–water partition coefficient (Wildman–Crippen LogP) is 1.85. The maximum atomic E-state index is 8.46. The predicted molar refractivity (Wildman–Crippen MR) is 44.6 cm³/mol. The van der Waals surface area contributed by atoms with Gasteiger partial charge in [0.25, 0.3) is 0 Å². The fourth-order valence-corrected chi connectivity index (χ4v) is 1.72. The van der Waals surface area contributed by atoms with Gasteiger partial charge in [0.1, 0.15) is 0 Å². The quantitative estimate of drug-likeness (QED) is 0.466. The summed E-state index contributed by atoms with van der Waals surface area (Å²) < 4.78 is 0. The molecule has 0 aromatic rings. The van der Waals surface area contributed by atoms with Crippen LogP contribution in [0.3, 0.4) is 0 Å². The number of aliphatic hydroxyl groups is 1. The molecule has 0 rings (SSSR count). The molecule has 0 bridgehead atoms. The van der Waals surface area contributed by atoms with Gasteiger partial charge in [-0.3, -0.25) is 0 Å². The number of aliphatic hydroxyl groups excluding tert-OH is 1. The van der Waals surface area contributed by atoms with E-state index in [9.17, 15) is 0 Å². The van der Waals surface area contributed by atoms with Gasteiger partial charge in [-0.25, -0.2) is 0 Å². The van der Waals surface area contributed by atoms with Crippen LogP contribution in [0.25, 0.3) is 0 Å². The van der Waals surface area contributed by atoms with E-state index in [1.54, 1.807) is 0 Å². The second-order valence-corrected chi connectivity index (χ2v) is 4.23. The van der Waals surface area contributed by atoms with Crippen molar-refractivity contribution in [1.82, 2.24) is 0 Å². The molecule has 56 valence electrons. The molecule has 0 aromatic carbocycles. The standard InChI is InChI=1S/C7H17OP/c1-3-7(2)9-6-4-5-8/h7-9H,3-6H2,1-2H3. The van der Waals surface area contributed by atoms with Gasteiger partial charge in [-0.15, -0.1) is 8.58 Å². The third-order valence-corrected chi connectivity index (χ3v) is 3.19. The molecule has 0 aromatic heterocycles. The van der Waals surface area contributed by atoms with Gasteiger partial charge in [0.05, 0.1) is 0 Å². The van der Waals surface area contributed by atoms with Crippen molar-refractivity contribution in [2.24, 2.45) is 0 Å². The van der Waals surface area contributed by atoms with E-state index in [0.717, 1.165) is 20.7 Å². The zero-order valence-corrected chi connectivity index (χ0v) is 7.35. The summed E-state index contributed by atoms with van der Waals surface area (Å²) in [7, 11) is 1.05. The van der Waals surface area contributed by atoms with E-state index in [2.05, 4.69) is 13.8 Å². The van der Waals surface area contributed by atoms with Crippen LogP contribution in [0.1, 0.15) is 26.7 Å². The van der Waals surface area contributed by atoms with Crippen LogP contribution < -0.4 is 0 Å². The highest BCUT2D eigenvalue weighted by molar-refractivity contribution is 7.38. The Kier molecular flexibility index (Phi) is 6.79. The smallest absolute Gasteiger partial charge is 0.0434 e. The van der Waals surface area contributed by atoms with Crippen molar-refractivity contribution in [2.45, 2.75) is 32.3 Å². The normalized spacial score (nSPS) is 15.0. The lowest BCUT2D eigenvalue weighted by Gasteiger charge is -2.05. The molecule has 0 aliphatic carbocycles. The molecule has 2 atom stereocenters. The molecule has 0 spiro atoms. The molecular weight excluding hydrogens is 131 g/mol. The van der Waals surface area contributed by atoms with Gasteiger partial charge in [0.15, 0.2) is 0 Å². The molecule has 0 saturated carbocycles. The van der Waals surface area contributed by atoms with Crippen molar-refractivity contribution < 1.29 is 5.11 Å². The minimum atomic E-state index is 0.365. The van der Waals surface area contributed by atoms with Crippen molar-refractivity contribution in [3.05, 3.63) is 0 Å². The molecule has 0 fully saturated rings. The first kappa shape index (κ1) is 9.39. The first-order valence-electron chi connectivity index (χ1n) is 3.65. The van der Waals surface area contributed by atoms with E-state index in [-0.39, 0.29) is 0 Å². The third-order valence-electron chi connectivity index (χ3n) is 1.44. The van der Waals surface area contributed by atoms with Gasteiger partial charge in [0.2, 0.25) is 0 Å². The minimum absolute atomic E-state index is 0.365. The van der Waals surface area contributed by atoms with Gasteiger partial charge in [-0.1, -0.05) is 13.8 Å². The Morgan fingerprint density at radius 1 is 1.56 bits per heavy atom. The highest BCUT2D eigenvalue weighted by Gasteiger charge is 1.95. The van der Waals surface area contributed by atoms with E-state index >= 15 is 0 Å². The summed E-state index contributed by atoms with van der Waals surface area (Å²) >= 11 is 0. The largest absolute Gasteiger partial charge is 0.396 e. The molecule has 2 unspecified atom stereocenters. The fourth-order valence-electron chi connectivity index (χ4n) is 0.572. The van der Waals surface area contributed by atoms with E-state index in [1.165, 1.54) is 12.6 Å². The van der Waals surface area contributed by atoms with Crippen LogP contribution >= 0.6 is 8.58 Å². The summed E-state index contributed by atoms with van der Waals surface area (Å²) in [4.78, 5) is 0. The minimum Gasteiger partial charge on any atom is -0.396 e. The van der Waals surface area contributed by atoms with Gasteiger partial charge in [0, 0.05) is 6.61 Å². The first-order valence-corrected chi connectivity index (χ1v) is 4.94. The van der Waals surface area contributed by atoms with Crippen molar-refractivity contribution in [3.8, 4) is 0 Å². The van der Waals surface area contributed by atoms with Crippen molar-refractivity contribution >= 4 is 8.58 Å². The van der Waals surface area contributed by atoms with Gasteiger partial charge < -0.3 is 5.11 Å². The van der Waals surface area contributed by atoms with Gasteiger partial charge in [-0.05, 0) is 24.7 Å². The molecule has 0 amide bonds. The van der Waals surface area contributed by atoms with Crippen LogP contribution in [0.4, 0.5) is 0 Å². The molecule has 1 nitrogen and oxygen atoms in total. The number of hydrogen-bond donors (Lipinski definition) is 1. The summed E-state index contributed by atoms with van der Waals surface area (Å²) in [5, 5.41) is 8.46. The Bertz CT molecular complexity index is 56.9. The first-order chi connectivity index (χ1) is 4.31. The summed E-state index contributed by atoms with van der Waals surface area (Å²) in [5.41, 5.74) is 0.872. The monoisotopic (exact) mass is 148 g/mol. The van der Waals surface area contributed by atoms with E-state index in [0.29, 0.717) is 6.61 Å². The fraction of sp³-hybridized carbons (Fsp3) is 1.00. The van der Waals surface area contributed by atoms with Crippen LogP contribution in [0.5, 0.6) is 0 Å². The maximum Gasteiger partial charge on any atom is 0.0434 e. The van der Waals surface area contributed by atoms with Crippen molar-refractivity contribution in [3.63, 3.8) is 0 Å². The van der Waals surface area contributed by atoms with Crippen LogP contribution in [0.2, 0.25) is 0 Å². The maximum absolute atomic E-state index is 8.46. The number of hydrogen-bond acceptors (Lipinski definition) is 1. The Morgan fingerprint density at radius 3 is 2.67 bits per heavy atom. The van der Waals surface area contributed by atoms with Crippen LogP contribution in [0, 0.1) is 0 Å². The molecule has 0 saturated heterocycles. The molecule has 0 radical (unpaired) electrons. The highest BCUT2D eigenvalue weighted by Crippen LogP contribution is 2.21. The lowest BCUT2D eigenvalue weighted by molar-refractivity contribution is 0.296. The molecule has 2 heteroatoms. The zero-order chi connectivity index (χ0) is 7.11. The van der Waals surface area contributed by atoms with E-state index in [1.807, 2.05) is 0 Å². The Labute approximate surface area is 59.6 Å².